The summed E-state index contributed by atoms with van der Waals surface area (Å²) in [5, 5.41) is 13.6. The van der Waals surface area contributed by atoms with E-state index in [1.54, 1.807) is 37.3 Å². The van der Waals surface area contributed by atoms with Crippen LogP contribution in [0.4, 0.5) is 0 Å². The molecule has 5 rings (SSSR count). The van der Waals surface area contributed by atoms with Gasteiger partial charge in [-0.3, -0.25) is 24.0 Å². The third kappa shape index (κ3) is 12.5. The van der Waals surface area contributed by atoms with Crippen LogP contribution in [0.1, 0.15) is 84.6 Å². The molecule has 15 N–H and O–H groups in total. The van der Waals surface area contributed by atoms with Crippen LogP contribution in [-0.4, -0.2) is 98.4 Å². The smallest absolute Gasteiger partial charge is 0.403 e. The molecule has 5 amide bonds. The van der Waals surface area contributed by atoms with E-state index in [0.717, 1.165) is 24.0 Å². The molecule has 1 saturated heterocycles. The van der Waals surface area contributed by atoms with Crippen LogP contribution in [-0.2, 0) is 33.3 Å². The summed E-state index contributed by atoms with van der Waals surface area (Å²) in [4.78, 5) is 67.1. The Morgan fingerprint density at radius 3 is 1.95 bits per heavy atom. The summed E-state index contributed by atoms with van der Waals surface area (Å²) < 4.78 is 12.6. The molecule has 4 fully saturated rings. The molecule has 17 nitrogen and oxygen atoms in total. The second-order valence-electron chi connectivity index (χ2n) is 17.0. The Hall–Kier alpha value is -4.14. The first-order valence-electron chi connectivity index (χ1n) is 21.1. The number of allylic oxidation sites excluding steroid dienone is 4. The summed E-state index contributed by atoms with van der Waals surface area (Å²) in [5.74, 6) is -2.67. The van der Waals surface area contributed by atoms with Gasteiger partial charge in [-0.2, -0.15) is 0 Å². The van der Waals surface area contributed by atoms with Gasteiger partial charge in [-0.15, -0.1) is 0 Å². The molecule has 0 aromatic heterocycles. The summed E-state index contributed by atoms with van der Waals surface area (Å²) in [6, 6.07) is 2.63. The van der Waals surface area contributed by atoms with E-state index in [9.17, 15) is 24.0 Å². The first kappa shape index (κ1) is 49.5. The Morgan fingerprint density at radius 1 is 0.820 bits per heavy atom. The lowest BCUT2D eigenvalue weighted by atomic mass is 9.43. The number of carbonyl (C=O) groups is 5. The summed E-state index contributed by atoms with van der Waals surface area (Å²) in [7, 11) is -0.886. The number of halogens is 1. The number of rotatable bonds is 23. The van der Waals surface area contributed by atoms with E-state index in [1.807, 2.05) is 19.1 Å². The summed E-state index contributed by atoms with van der Waals surface area (Å²) >= 11 is 6.00. The van der Waals surface area contributed by atoms with Crippen molar-refractivity contribution >= 4 is 53.8 Å². The number of carbonyl (C=O) groups excluding carboxylic acids is 5. The van der Waals surface area contributed by atoms with Gasteiger partial charge < -0.3 is 64.6 Å². The van der Waals surface area contributed by atoms with Crippen LogP contribution in [0.5, 0.6) is 0 Å². The molecule has 1 heterocycles. The van der Waals surface area contributed by atoms with Gasteiger partial charge in [0.25, 0.3) is 5.91 Å². The highest BCUT2D eigenvalue weighted by Gasteiger charge is 2.68. The zero-order valence-corrected chi connectivity index (χ0v) is 36.6. The maximum Gasteiger partial charge on any atom is 0.497 e. The highest BCUT2D eigenvalue weighted by molar-refractivity contribution is 6.47. The Balaban J connectivity index is 1.36. The highest BCUT2D eigenvalue weighted by Crippen LogP contribution is 2.65. The van der Waals surface area contributed by atoms with Gasteiger partial charge in [0.1, 0.15) is 24.2 Å². The summed E-state index contributed by atoms with van der Waals surface area (Å²) in [6.45, 7) is 12.4. The lowest BCUT2D eigenvalue weighted by molar-refractivity contribution is -0.199. The van der Waals surface area contributed by atoms with Gasteiger partial charge in [0.15, 0.2) is 6.17 Å². The van der Waals surface area contributed by atoms with Crippen LogP contribution in [0.3, 0.4) is 0 Å². The van der Waals surface area contributed by atoms with E-state index < -0.39 is 72.6 Å². The van der Waals surface area contributed by atoms with Gasteiger partial charge in [-0.05, 0) is 119 Å². The fourth-order valence-corrected chi connectivity index (χ4v) is 8.61. The zero-order valence-electron chi connectivity index (χ0n) is 35.8. The number of hydrogen-bond donors (Lipinski definition) is 10. The Morgan fingerprint density at radius 2 is 1.39 bits per heavy atom. The third-order valence-corrected chi connectivity index (χ3v) is 12.7. The summed E-state index contributed by atoms with van der Waals surface area (Å²) in [6.07, 6.45) is 7.48. The average Bonchev–Trinajstić information content (AvgIpc) is 3.60. The molecule has 19 heteroatoms. The first-order valence-corrected chi connectivity index (χ1v) is 21.5. The molecule has 1 unspecified atom stereocenters. The van der Waals surface area contributed by atoms with Crippen molar-refractivity contribution in [1.29, 1.82) is 0 Å². The minimum absolute atomic E-state index is 0.121. The molecule has 0 spiro atoms. The maximum absolute atomic E-state index is 13.6. The van der Waals surface area contributed by atoms with Gasteiger partial charge in [0.05, 0.1) is 11.7 Å². The molecule has 1 aromatic carbocycles. The van der Waals surface area contributed by atoms with E-state index >= 15 is 0 Å². The van der Waals surface area contributed by atoms with E-state index in [2.05, 4.69) is 47.0 Å². The van der Waals surface area contributed by atoms with Gasteiger partial charge in [0.2, 0.25) is 23.6 Å². The van der Waals surface area contributed by atoms with Crippen molar-refractivity contribution in [3.63, 3.8) is 0 Å². The topological polar surface area (TPSA) is 294 Å². The molecular formula is C42H66BClN10O7. The molecule has 9 atom stereocenters. The van der Waals surface area contributed by atoms with E-state index in [0.29, 0.717) is 55.6 Å². The van der Waals surface area contributed by atoms with Crippen LogP contribution in [0.15, 0.2) is 54.6 Å². The van der Waals surface area contributed by atoms with Crippen molar-refractivity contribution in [2.45, 2.75) is 121 Å². The van der Waals surface area contributed by atoms with Crippen molar-refractivity contribution in [2.75, 3.05) is 19.6 Å². The van der Waals surface area contributed by atoms with Crippen LogP contribution in [0.2, 0.25) is 5.02 Å². The van der Waals surface area contributed by atoms with Crippen molar-refractivity contribution in [3.8, 4) is 0 Å². The molecule has 3 saturated carbocycles. The molecule has 3 aliphatic carbocycles. The van der Waals surface area contributed by atoms with Crippen molar-refractivity contribution in [3.05, 3.63) is 65.2 Å². The largest absolute Gasteiger partial charge is 0.497 e. The Labute approximate surface area is 364 Å². The standard InChI is InChI=1S/C42H66BClN10O7/c1-6-25(26-15-17-28(44)18-16-26)14-13-24(2)35(55)52-31(23-47)38(58)50-29(11-7-9-19-45)36(56)53-34(48)39(59)51-30(12-8-10-20-46)37(57)54-40(49)43-60-33-22-27-21-32(41(27,3)4)42(33,5)61-43/h6,13-18,27,29-34,40H,1,7-12,19-23,45-49H2,2-5H3,(H,50,58)(H,51,59)(H,52,55)(H,53,56)(H,54,57)/b24-13+,25-14+/t27-,29-,30-,31-,32-,33?,34+,40+,42-/m0/s1. The molecular weight excluding hydrogens is 803 g/mol. The fourth-order valence-electron chi connectivity index (χ4n) is 8.48. The molecule has 1 aromatic rings. The normalized spacial score (nSPS) is 24.2. The van der Waals surface area contributed by atoms with Gasteiger partial charge in [-0.1, -0.05) is 62.4 Å². The monoisotopic (exact) mass is 868 g/mol. The lowest BCUT2D eigenvalue weighted by Crippen LogP contribution is -2.65. The molecule has 1 aliphatic heterocycles. The molecule has 61 heavy (non-hydrogen) atoms. The van der Waals surface area contributed by atoms with Crippen LogP contribution in [0, 0.1) is 17.3 Å². The lowest BCUT2D eigenvalue weighted by Gasteiger charge is -2.64. The third-order valence-electron chi connectivity index (χ3n) is 12.4. The van der Waals surface area contributed by atoms with Crippen molar-refractivity contribution in [1.82, 2.24) is 26.6 Å². The SMILES string of the molecule is C=C/C(=C\C=C(/C)C(=O)N[C@@H](CN)C(=O)N[C@@H](CCCCN)C(=O)N[C@@H](N)C(=O)N[C@@H](CCCCN)C(=O)N[C@@H](N)B1OC2C[C@@H]3C[C@@H](C3(C)C)[C@]2(C)O1)c1ccc(Cl)cc1. The molecule has 336 valence electrons. The van der Waals surface area contributed by atoms with E-state index in [-0.39, 0.29) is 36.5 Å². The van der Waals surface area contributed by atoms with Crippen LogP contribution in [0.25, 0.3) is 5.57 Å². The molecule has 4 aliphatic rings. The summed E-state index contributed by atoms with van der Waals surface area (Å²) in [5.41, 5.74) is 31.3. The number of amides is 5. The Bertz CT molecular complexity index is 1800. The number of hydrogen-bond acceptors (Lipinski definition) is 12. The van der Waals surface area contributed by atoms with E-state index in [1.165, 1.54) is 0 Å². The average molecular weight is 869 g/mol. The minimum Gasteiger partial charge on any atom is -0.403 e. The number of benzene rings is 1. The number of unbranched alkanes of at least 4 members (excludes halogenated alkanes) is 2. The molecule has 2 bridgehead atoms. The maximum atomic E-state index is 13.6. The van der Waals surface area contributed by atoms with Crippen LogP contribution < -0.4 is 55.3 Å². The minimum atomic E-state index is -1.61. The Kier molecular flexibility index (Phi) is 18.1. The van der Waals surface area contributed by atoms with Gasteiger partial charge in [-0.25, -0.2) is 0 Å². The van der Waals surface area contributed by atoms with Crippen molar-refractivity contribution < 1.29 is 33.3 Å². The zero-order chi connectivity index (χ0) is 45.1. The van der Waals surface area contributed by atoms with Gasteiger partial charge in [0, 0.05) is 17.1 Å². The number of nitrogens with one attached hydrogen (secondary N) is 5. The van der Waals surface area contributed by atoms with Crippen LogP contribution >= 0.6 is 11.6 Å². The predicted octanol–water partition coefficient (Wildman–Crippen LogP) is 0.596. The molecule has 0 radical (unpaired) electrons. The number of nitrogens with two attached hydrogens (primary N) is 5. The second kappa shape index (κ2) is 22.3. The van der Waals surface area contributed by atoms with E-state index in [4.69, 9.17) is 49.6 Å². The van der Waals surface area contributed by atoms with Gasteiger partial charge >= 0.3 is 7.12 Å². The quantitative estimate of drug-likeness (QED) is 0.0238. The van der Waals surface area contributed by atoms with Crippen molar-refractivity contribution in [2.24, 2.45) is 45.9 Å². The fraction of sp³-hybridized carbons (Fsp3) is 0.595. The first-order chi connectivity index (χ1) is 28.9. The second-order valence-corrected chi connectivity index (χ2v) is 17.4. The highest BCUT2D eigenvalue weighted by atomic mass is 35.5. The predicted molar refractivity (Wildman–Crippen MR) is 236 cm³/mol.